The zero-order valence-electron chi connectivity index (χ0n) is 12.1. The first kappa shape index (κ1) is 15.7. The van der Waals surface area contributed by atoms with Gasteiger partial charge in [-0.2, -0.15) is 5.26 Å². The van der Waals surface area contributed by atoms with Crippen LogP contribution in [0.5, 0.6) is 5.75 Å². The minimum Gasteiger partial charge on any atom is -0.485 e. The lowest BCUT2D eigenvalue weighted by Crippen LogP contribution is -2.23. The van der Waals surface area contributed by atoms with Crippen molar-refractivity contribution in [2.45, 2.75) is 33.3 Å². The van der Waals surface area contributed by atoms with Crippen LogP contribution in [0.3, 0.4) is 0 Å². The van der Waals surface area contributed by atoms with Gasteiger partial charge in [0.1, 0.15) is 11.7 Å². The van der Waals surface area contributed by atoms with Crippen LogP contribution in [-0.2, 0) is 9.53 Å². The average molecular weight is 274 g/mol. The normalized spacial score (nSPS) is 11.2. The Hall–Kier alpha value is -2.35. The van der Waals surface area contributed by atoms with E-state index in [1.54, 1.807) is 19.1 Å². The lowest BCUT2D eigenvalue weighted by atomic mass is 10.2. The second kappa shape index (κ2) is 6.71. The predicted octanol–water partition coefficient (Wildman–Crippen LogP) is 2.71. The molecule has 5 heteroatoms. The molecule has 0 aliphatic heterocycles. The van der Waals surface area contributed by atoms with Gasteiger partial charge in [-0.05, 0) is 45.9 Å². The second-order valence-electron chi connectivity index (χ2n) is 4.99. The molecule has 1 rings (SSSR count). The number of rotatable bonds is 4. The van der Waals surface area contributed by atoms with E-state index < -0.39 is 11.6 Å². The number of nitrogens with zero attached hydrogens (tertiary/aromatic N) is 2. The molecular formula is C15H18N2O3. The number of aromatic nitrogens is 1. The van der Waals surface area contributed by atoms with Gasteiger partial charge in [-0.1, -0.05) is 0 Å². The number of carbonyl (C=O) groups is 1. The Balaban J connectivity index is 2.93. The number of hydrogen-bond donors (Lipinski definition) is 0. The topological polar surface area (TPSA) is 72.2 Å². The monoisotopic (exact) mass is 274 g/mol. The van der Waals surface area contributed by atoms with Gasteiger partial charge in [-0.3, -0.25) is 0 Å². The van der Waals surface area contributed by atoms with Crippen molar-refractivity contribution in [1.29, 1.82) is 5.26 Å². The van der Waals surface area contributed by atoms with Crippen molar-refractivity contribution >= 4 is 12.0 Å². The van der Waals surface area contributed by atoms with Crippen molar-refractivity contribution in [3.63, 3.8) is 0 Å². The van der Waals surface area contributed by atoms with Gasteiger partial charge in [0, 0.05) is 6.08 Å². The molecule has 0 atom stereocenters. The molecule has 0 bridgehead atoms. The third kappa shape index (κ3) is 5.11. The molecule has 0 spiro atoms. The summed E-state index contributed by atoms with van der Waals surface area (Å²) in [6.07, 6.45) is 2.77. The maximum absolute atomic E-state index is 11.2. The molecule has 1 aromatic rings. The van der Waals surface area contributed by atoms with E-state index in [2.05, 4.69) is 4.98 Å². The smallest absolute Gasteiger partial charge is 0.330 e. The fourth-order valence-corrected chi connectivity index (χ4v) is 1.39. The largest absolute Gasteiger partial charge is 0.485 e. The standard InChI is InChI=1S/C15H18N2O3/c1-5-19-14(18)9-7-11-6-8-13(12(10-16)17-11)20-15(2,3)4/h6-9H,5H2,1-4H3/b9-7+. The van der Waals surface area contributed by atoms with Crippen LogP contribution in [0.1, 0.15) is 39.1 Å². The summed E-state index contributed by atoms with van der Waals surface area (Å²) in [5.41, 5.74) is 0.275. The van der Waals surface area contributed by atoms with Gasteiger partial charge in [-0.15, -0.1) is 0 Å². The molecule has 0 amide bonds. The number of esters is 1. The molecule has 0 saturated heterocycles. The highest BCUT2D eigenvalue weighted by Gasteiger charge is 2.15. The van der Waals surface area contributed by atoms with E-state index in [0.717, 1.165) is 0 Å². The molecule has 1 aromatic heterocycles. The maximum Gasteiger partial charge on any atom is 0.330 e. The van der Waals surface area contributed by atoms with Crippen molar-refractivity contribution in [1.82, 2.24) is 4.98 Å². The summed E-state index contributed by atoms with van der Waals surface area (Å²) >= 11 is 0. The Morgan fingerprint density at radius 2 is 2.15 bits per heavy atom. The lowest BCUT2D eigenvalue weighted by molar-refractivity contribution is -0.137. The molecule has 0 radical (unpaired) electrons. The number of nitriles is 1. The van der Waals surface area contributed by atoms with Crippen LogP contribution >= 0.6 is 0 Å². The Labute approximate surface area is 118 Å². The minimum absolute atomic E-state index is 0.186. The Bertz CT molecular complexity index is 551. The van der Waals surface area contributed by atoms with Crippen molar-refractivity contribution < 1.29 is 14.3 Å². The molecule has 0 aliphatic rings. The van der Waals surface area contributed by atoms with Crippen molar-refractivity contribution in [3.05, 3.63) is 29.6 Å². The summed E-state index contributed by atoms with van der Waals surface area (Å²) < 4.78 is 10.4. The molecule has 0 aromatic carbocycles. The van der Waals surface area contributed by atoms with Gasteiger partial charge < -0.3 is 9.47 Å². The van der Waals surface area contributed by atoms with E-state index in [9.17, 15) is 4.79 Å². The van der Waals surface area contributed by atoms with Gasteiger partial charge in [-0.25, -0.2) is 9.78 Å². The third-order valence-corrected chi connectivity index (χ3v) is 2.08. The number of pyridine rings is 1. The summed E-state index contributed by atoms with van der Waals surface area (Å²) in [6, 6.07) is 5.33. The zero-order valence-corrected chi connectivity index (χ0v) is 12.1. The van der Waals surface area contributed by atoms with Crippen LogP contribution in [0.15, 0.2) is 18.2 Å². The summed E-state index contributed by atoms with van der Waals surface area (Å²) in [4.78, 5) is 15.3. The van der Waals surface area contributed by atoms with Crippen LogP contribution in [0.2, 0.25) is 0 Å². The highest BCUT2D eigenvalue weighted by molar-refractivity contribution is 5.86. The molecule has 0 aliphatic carbocycles. The van der Waals surface area contributed by atoms with Crippen molar-refractivity contribution in [2.24, 2.45) is 0 Å². The van der Waals surface area contributed by atoms with E-state index in [1.165, 1.54) is 12.2 Å². The highest BCUT2D eigenvalue weighted by Crippen LogP contribution is 2.21. The number of hydrogen-bond acceptors (Lipinski definition) is 5. The van der Waals surface area contributed by atoms with E-state index in [1.807, 2.05) is 26.8 Å². The van der Waals surface area contributed by atoms with Crippen LogP contribution in [0.4, 0.5) is 0 Å². The first-order valence-corrected chi connectivity index (χ1v) is 6.30. The first-order valence-electron chi connectivity index (χ1n) is 6.30. The molecule has 5 nitrogen and oxygen atoms in total. The second-order valence-corrected chi connectivity index (χ2v) is 4.99. The quantitative estimate of drug-likeness (QED) is 0.623. The minimum atomic E-state index is -0.442. The van der Waals surface area contributed by atoms with Crippen molar-refractivity contribution in [3.8, 4) is 11.8 Å². The third-order valence-electron chi connectivity index (χ3n) is 2.08. The highest BCUT2D eigenvalue weighted by atomic mass is 16.5. The van der Waals surface area contributed by atoms with E-state index >= 15 is 0 Å². The number of ether oxygens (including phenoxy) is 2. The molecule has 0 N–H and O–H groups in total. The predicted molar refractivity (Wildman–Crippen MR) is 75.0 cm³/mol. The van der Waals surface area contributed by atoms with E-state index in [4.69, 9.17) is 14.7 Å². The summed E-state index contributed by atoms with van der Waals surface area (Å²) in [7, 11) is 0. The van der Waals surface area contributed by atoms with Crippen LogP contribution in [-0.4, -0.2) is 23.2 Å². The summed E-state index contributed by atoms with van der Waals surface area (Å²) in [6.45, 7) is 7.73. The van der Waals surface area contributed by atoms with E-state index in [-0.39, 0.29) is 5.69 Å². The first-order chi connectivity index (χ1) is 9.35. The molecule has 0 saturated carbocycles. The molecule has 20 heavy (non-hydrogen) atoms. The van der Waals surface area contributed by atoms with Gasteiger partial charge in [0.2, 0.25) is 0 Å². The molecule has 0 fully saturated rings. The molecule has 1 heterocycles. The Morgan fingerprint density at radius 3 is 2.70 bits per heavy atom. The fourth-order valence-electron chi connectivity index (χ4n) is 1.39. The SMILES string of the molecule is CCOC(=O)/C=C/c1ccc(OC(C)(C)C)c(C#N)n1. The molecular weight excluding hydrogens is 256 g/mol. The Morgan fingerprint density at radius 1 is 1.45 bits per heavy atom. The number of carbonyl (C=O) groups excluding carboxylic acids is 1. The van der Waals surface area contributed by atoms with Gasteiger partial charge in [0.15, 0.2) is 11.4 Å². The van der Waals surface area contributed by atoms with Gasteiger partial charge >= 0.3 is 5.97 Å². The molecule has 0 unspecified atom stereocenters. The summed E-state index contributed by atoms with van der Waals surface area (Å²) in [5, 5.41) is 9.09. The molecule has 106 valence electrons. The van der Waals surface area contributed by atoms with Crippen LogP contribution < -0.4 is 4.74 Å². The van der Waals surface area contributed by atoms with Crippen molar-refractivity contribution in [2.75, 3.05) is 6.61 Å². The average Bonchev–Trinajstić information content (AvgIpc) is 2.36. The van der Waals surface area contributed by atoms with Crippen LogP contribution in [0, 0.1) is 11.3 Å². The zero-order chi connectivity index (χ0) is 15.2. The fraction of sp³-hybridized carbons (Fsp3) is 0.400. The maximum atomic E-state index is 11.2. The lowest BCUT2D eigenvalue weighted by Gasteiger charge is -2.21. The van der Waals surface area contributed by atoms with Gasteiger partial charge in [0.25, 0.3) is 0 Å². The van der Waals surface area contributed by atoms with Crippen LogP contribution in [0.25, 0.3) is 6.08 Å². The summed E-state index contributed by atoms with van der Waals surface area (Å²) in [5.74, 6) is -0.0175. The van der Waals surface area contributed by atoms with E-state index in [0.29, 0.717) is 18.1 Å². The van der Waals surface area contributed by atoms with Gasteiger partial charge in [0.05, 0.1) is 12.3 Å². The Kier molecular flexibility index (Phi) is 5.27.